The molecule has 154 valence electrons. The van der Waals surface area contributed by atoms with Gasteiger partial charge in [-0.3, -0.25) is 9.78 Å². The number of aromatic nitrogens is 1. The Morgan fingerprint density at radius 2 is 1.79 bits per heavy atom. The van der Waals surface area contributed by atoms with Gasteiger partial charge in [-0.05, 0) is 55.5 Å². The molecular formula is C22H24F3N3O. The molecule has 4 nitrogen and oxygen atoms in total. The highest BCUT2D eigenvalue weighted by atomic mass is 19.4. The second kappa shape index (κ2) is 7.35. The lowest BCUT2D eigenvalue weighted by Gasteiger charge is -2.37. The first-order valence-electron chi connectivity index (χ1n) is 9.88. The molecule has 1 aliphatic heterocycles. The van der Waals surface area contributed by atoms with Crippen molar-refractivity contribution in [2.75, 3.05) is 31.1 Å². The van der Waals surface area contributed by atoms with Crippen LogP contribution in [0.2, 0.25) is 0 Å². The molecule has 1 saturated heterocycles. The normalized spacial score (nSPS) is 22.0. The highest BCUT2D eigenvalue weighted by Crippen LogP contribution is 2.48. The number of anilines is 1. The third kappa shape index (κ3) is 4.09. The van der Waals surface area contributed by atoms with Crippen LogP contribution in [0.15, 0.2) is 36.5 Å². The molecule has 0 radical (unpaired) electrons. The number of benzene rings is 1. The third-order valence-corrected chi connectivity index (χ3v) is 5.94. The molecule has 2 aromatic rings. The first-order valence-corrected chi connectivity index (χ1v) is 9.88. The molecule has 1 saturated carbocycles. The Kier molecular flexibility index (Phi) is 5.00. The second-order valence-electron chi connectivity index (χ2n) is 7.99. The van der Waals surface area contributed by atoms with Gasteiger partial charge in [0.2, 0.25) is 5.91 Å². The van der Waals surface area contributed by atoms with Crippen LogP contribution < -0.4 is 4.90 Å². The SMILES string of the molecule is Cc1ccc([C@H]2C[C@H]2C(=O)N2CCN(c3cc(C(F)(F)F)ccc3C)CC2)cn1. The lowest BCUT2D eigenvalue weighted by Crippen LogP contribution is -2.49. The van der Waals surface area contributed by atoms with Gasteiger partial charge in [-0.15, -0.1) is 0 Å². The number of carbonyl (C=O) groups is 1. The largest absolute Gasteiger partial charge is 0.416 e. The van der Waals surface area contributed by atoms with Crippen molar-refractivity contribution < 1.29 is 18.0 Å². The van der Waals surface area contributed by atoms with E-state index in [0.717, 1.165) is 29.3 Å². The number of amides is 1. The Balaban J connectivity index is 1.38. The third-order valence-electron chi connectivity index (χ3n) is 5.94. The van der Waals surface area contributed by atoms with Crippen molar-refractivity contribution in [2.45, 2.75) is 32.4 Å². The number of hydrogen-bond acceptors (Lipinski definition) is 3. The van der Waals surface area contributed by atoms with Gasteiger partial charge in [0, 0.05) is 49.7 Å². The molecule has 2 heterocycles. The van der Waals surface area contributed by atoms with Crippen LogP contribution in [0.25, 0.3) is 0 Å². The quantitative estimate of drug-likeness (QED) is 0.772. The molecular weight excluding hydrogens is 379 g/mol. The minimum atomic E-state index is -4.36. The first-order chi connectivity index (χ1) is 13.7. The van der Waals surface area contributed by atoms with E-state index in [0.29, 0.717) is 31.9 Å². The molecule has 2 fully saturated rings. The maximum absolute atomic E-state index is 13.1. The van der Waals surface area contributed by atoms with Gasteiger partial charge in [0.05, 0.1) is 5.56 Å². The summed E-state index contributed by atoms with van der Waals surface area (Å²) in [5.74, 6) is 0.386. The van der Waals surface area contributed by atoms with Crippen LogP contribution in [0.1, 0.15) is 34.7 Å². The van der Waals surface area contributed by atoms with Gasteiger partial charge in [0.15, 0.2) is 0 Å². The summed E-state index contributed by atoms with van der Waals surface area (Å²) in [7, 11) is 0. The zero-order valence-electron chi connectivity index (χ0n) is 16.5. The van der Waals surface area contributed by atoms with Crippen molar-refractivity contribution in [3.8, 4) is 0 Å². The van der Waals surface area contributed by atoms with Crippen molar-refractivity contribution >= 4 is 11.6 Å². The van der Waals surface area contributed by atoms with Crippen LogP contribution >= 0.6 is 0 Å². The number of piperazine rings is 1. The molecule has 7 heteroatoms. The Morgan fingerprint density at radius 3 is 2.41 bits per heavy atom. The summed E-state index contributed by atoms with van der Waals surface area (Å²) >= 11 is 0. The molecule has 1 aliphatic carbocycles. The summed E-state index contributed by atoms with van der Waals surface area (Å²) < 4.78 is 39.2. The van der Waals surface area contributed by atoms with Crippen LogP contribution in [-0.4, -0.2) is 42.0 Å². The molecule has 29 heavy (non-hydrogen) atoms. The van der Waals surface area contributed by atoms with Crippen molar-refractivity contribution in [1.82, 2.24) is 9.88 Å². The number of pyridine rings is 1. The smallest absolute Gasteiger partial charge is 0.368 e. The van der Waals surface area contributed by atoms with E-state index in [1.54, 1.807) is 0 Å². The summed E-state index contributed by atoms with van der Waals surface area (Å²) in [4.78, 5) is 21.0. The lowest BCUT2D eigenvalue weighted by molar-refractivity contribution is -0.137. The van der Waals surface area contributed by atoms with Gasteiger partial charge in [-0.2, -0.15) is 13.2 Å². The molecule has 1 amide bonds. The predicted molar refractivity (Wildman–Crippen MR) is 105 cm³/mol. The number of carbonyl (C=O) groups excluding carboxylic acids is 1. The zero-order chi connectivity index (χ0) is 20.8. The number of alkyl halides is 3. The van der Waals surface area contributed by atoms with Crippen molar-refractivity contribution in [2.24, 2.45) is 5.92 Å². The number of rotatable bonds is 3. The number of nitrogens with zero attached hydrogens (tertiary/aromatic N) is 3. The topological polar surface area (TPSA) is 36.4 Å². The Labute approximate surface area is 168 Å². The fourth-order valence-corrected chi connectivity index (χ4v) is 4.06. The van der Waals surface area contributed by atoms with E-state index >= 15 is 0 Å². The summed E-state index contributed by atoms with van der Waals surface area (Å²) in [6, 6.07) is 7.85. The molecule has 0 unspecified atom stereocenters. The molecule has 0 N–H and O–H groups in total. The molecule has 0 bridgehead atoms. The van der Waals surface area contributed by atoms with E-state index in [1.807, 2.05) is 42.0 Å². The minimum absolute atomic E-state index is 0.00125. The monoisotopic (exact) mass is 403 g/mol. The fraction of sp³-hybridized carbons (Fsp3) is 0.455. The van der Waals surface area contributed by atoms with Gasteiger partial charge >= 0.3 is 6.18 Å². The average molecular weight is 403 g/mol. The van der Waals surface area contributed by atoms with Gasteiger partial charge in [0.25, 0.3) is 0 Å². The molecule has 2 atom stereocenters. The van der Waals surface area contributed by atoms with Gasteiger partial charge in [0.1, 0.15) is 0 Å². The maximum atomic E-state index is 13.1. The van der Waals surface area contributed by atoms with E-state index in [4.69, 9.17) is 0 Å². The van der Waals surface area contributed by atoms with Gasteiger partial charge < -0.3 is 9.80 Å². The van der Waals surface area contributed by atoms with Gasteiger partial charge in [-0.1, -0.05) is 12.1 Å². The second-order valence-corrected chi connectivity index (χ2v) is 7.99. The summed E-state index contributed by atoms with van der Waals surface area (Å²) in [5, 5.41) is 0. The van der Waals surface area contributed by atoms with Crippen molar-refractivity contribution in [1.29, 1.82) is 0 Å². The van der Waals surface area contributed by atoms with E-state index in [9.17, 15) is 18.0 Å². The minimum Gasteiger partial charge on any atom is -0.368 e. The highest BCUT2D eigenvalue weighted by Gasteiger charge is 2.46. The average Bonchev–Trinajstić information content (AvgIpc) is 3.48. The van der Waals surface area contributed by atoms with Crippen LogP contribution in [-0.2, 0) is 11.0 Å². The summed E-state index contributed by atoms with van der Waals surface area (Å²) in [6.07, 6.45) is -1.66. The Hall–Kier alpha value is -2.57. The molecule has 2 aliphatic rings. The fourth-order valence-electron chi connectivity index (χ4n) is 4.06. The molecule has 0 spiro atoms. The predicted octanol–water partition coefficient (Wildman–Crippen LogP) is 4.17. The highest BCUT2D eigenvalue weighted by molar-refractivity contribution is 5.83. The lowest BCUT2D eigenvalue weighted by atomic mass is 10.1. The van der Waals surface area contributed by atoms with E-state index in [-0.39, 0.29) is 17.7 Å². The number of aryl methyl sites for hydroxylation is 2. The van der Waals surface area contributed by atoms with Crippen molar-refractivity contribution in [3.63, 3.8) is 0 Å². The zero-order valence-corrected chi connectivity index (χ0v) is 16.5. The van der Waals surface area contributed by atoms with Gasteiger partial charge in [-0.25, -0.2) is 0 Å². The standard InChI is InChI=1S/C22H24F3N3O/c1-14-3-6-17(22(23,24)25)11-20(14)27-7-9-28(10-8-27)21(29)19-12-18(19)16-5-4-15(2)26-13-16/h3-6,11,13,18-19H,7-10,12H2,1-2H3/t18-,19-/m1/s1. The van der Waals surface area contributed by atoms with Crippen LogP contribution in [0.4, 0.5) is 18.9 Å². The van der Waals surface area contributed by atoms with E-state index < -0.39 is 11.7 Å². The molecule has 1 aromatic heterocycles. The van der Waals surface area contributed by atoms with E-state index in [2.05, 4.69) is 4.98 Å². The molecule has 4 rings (SSSR count). The van der Waals surface area contributed by atoms with Crippen LogP contribution in [0, 0.1) is 19.8 Å². The van der Waals surface area contributed by atoms with E-state index in [1.165, 1.54) is 12.1 Å². The first kappa shape index (κ1) is 19.7. The maximum Gasteiger partial charge on any atom is 0.416 e. The summed E-state index contributed by atoms with van der Waals surface area (Å²) in [6.45, 7) is 5.89. The molecule has 1 aromatic carbocycles. The number of hydrogen-bond donors (Lipinski definition) is 0. The van der Waals surface area contributed by atoms with Crippen LogP contribution in [0.5, 0.6) is 0 Å². The van der Waals surface area contributed by atoms with Crippen molar-refractivity contribution in [3.05, 3.63) is 58.9 Å². The van der Waals surface area contributed by atoms with Crippen LogP contribution in [0.3, 0.4) is 0 Å². The Morgan fingerprint density at radius 1 is 1.07 bits per heavy atom. The summed E-state index contributed by atoms with van der Waals surface area (Å²) in [5.41, 5.74) is 2.84. The number of halogens is 3. The Bertz CT molecular complexity index is 903.